The van der Waals surface area contributed by atoms with Gasteiger partial charge in [0, 0.05) is 24.9 Å². The van der Waals surface area contributed by atoms with Crippen molar-refractivity contribution in [2.75, 3.05) is 19.0 Å². The van der Waals surface area contributed by atoms with Gasteiger partial charge in [-0.1, -0.05) is 30.3 Å². The van der Waals surface area contributed by atoms with Gasteiger partial charge in [-0.05, 0) is 29.3 Å². The molecule has 3 rings (SSSR count). The predicted octanol–water partition coefficient (Wildman–Crippen LogP) is 3.14. The summed E-state index contributed by atoms with van der Waals surface area (Å²) in [7, 11) is 1.53. The van der Waals surface area contributed by atoms with E-state index in [9.17, 15) is 14.4 Å². The Kier molecular flexibility index (Phi) is 6.29. The third kappa shape index (κ3) is 5.01. The van der Waals surface area contributed by atoms with Crippen LogP contribution in [0.4, 0.5) is 5.69 Å². The number of amides is 2. The predicted molar refractivity (Wildman–Crippen MR) is 108 cm³/mol. The summed E-state index contributed by atoms with van der Waals surface area (Å²) < 4.78 is 10.2. The van der Waals surface area contributed by atoms with Gasteiger partial charge in [-0.25, -0.2) is 0 Å². The van der Waals surface area contributed by atoms with E-state index >= 15 is 0 Å². The SMILES string of the molecule is COc1cccc(NC(=O)COC(=O)C[C@@H]2c3ccccc3C=CN2C(C)=O)c1. The maximum absolute atomic E-state index is 12.4. The van der Waals surface area contributed by atoms with Crippen LogP contribution in [-0.4, -0.2) is 36.4 Å². The lowest BCUT2D eigenvalue weighted by Crippen LogP contribution is -2.33. The highest BCUT2D eigenvalue weighted by molar-refractivity contribution is 5.93. The number of ether oxygens (including phenoxy) is 2. The van der Waals surface area contributed by atoms with E-state index in [4.69, 9.17) is 9.47 Å². The van der Waals surface area contributed by atoms with Crippen molar-refractivity contribution in [3.8, 4) is 5.75 Å². The van der Waals surface area contributed by atoms with Gasteiger partial charge in [-0.2, -0.15) is 0 Å². The first-order valence-electron chi connectivity index (χ1n) is 9.13. The molecule has 7 nitrogen and oxygen atoms in total. The van der Waals surface area contributed by atoms with Crippen molar-refractivity contribution in [3.05, 3.63) is 65.9 Å². The van der Waals surface area contributed by atoms with Crippen LogP contribution in [0.25, 0.3) is 6.08 Å². The Morgan fingerprint density at radius 3 is 2.66 bits per heavy atom. The molecule has 2 amide bonds. The van der Waals surface area contributed by atoms with Crippen LogP contribution in [0, 0.1) is 0 Å². The largest absolute Gasteiger partial charge is 0.497 e. The number of nitrogens with one attached hydrogen (secondary N) is 1. The molecule has 29 heavy (non-hydrogen) atoms. The highest BCUT2D eigenvalue weighted by Gasteiger charge is 2.28. The molecular weight excluding hydrogens is 372 g/mol. The number of hydrogen-bond donors (Lipinski definition) is 1. The van der Waals surface area contributed by atoms with Gasteiger partial charge < -0.3 is 19.7 Å². The summed E-state index contributed by atoms with van der Waals surface area (Å²) >= 11 is 0. The summed E-state index contributed by atoms with van der Waals surface area (Å²) in [6.07, 6.45) is 3.45. The van der Waals surface area contributed by atoms with Crippen LogP contribution in [0.1, 0.15) is 30.5 Å². The van der Waals surface area contributed by atoms with Gasteiger partial charge in [-0.3, -0.25) is 14.4 Å². The van der Waals surface area contributed by atoms with Crippen LogP contribution in [0.15, 0.2) is 54.7 Å². The van der Waals surface area contributed by atoms with Crippen molar-refractivity contribution in [1.82, 2.24) is 4.90 Å². The van der Waals surface area contributed by atoms with Crippen molar-refractivity contribution in [2.45, 2.75) is 19.4 Å². The van der Waals surface area contributed by atoms with Crippen molar-refractivity contribution in [1.29, 1.82) is 0 Å². The molecule has 0 aliphatic carbocycles. The molecule has 0 unspecified atom stereocenters. The lowest BCUT2D eigenvalue weighted by atomic mass is 9.94. The molecule has 0 bridgehead atoms. The molecule has 1 aliphatic heterocycles. The summed E-state index contributed by atoms with van der Waals surface area (Å²) in [6.45, 7) is 1.03. The first-order chi connectivity index (χ1) is 14.0. The fourth-order valence-corrected chi connectivity index (χ4v) is 3.17. The van der Waals surface area contributed by atoms with E-state index in [0.29, 0.717) is 11.4 Å². The zero-order chi connectivity index (χ0) is 20.8. The minimum Gasteiger partial charge on any atom is -0.497 e. The molecular formula is C22H22N2O5. The van der Waals surface area contributed by atoms with Gasteiger partial charge in [0.25, 0.3) is 5.91 Å². The molecule has 0 aromatic heterocycles. The zero-order valence-electron chi connectivity index (χ0n) is 16.3. The molecule has 1 heterocycles. The summed E-state index contributed by atoms with van der Waals surface area (Å²) in [5, 5.41) is 2.65. The van der Waals surface area contributed by atoms with Gasteiger partial charge in [0.15, 0.2) is 6.61 Å². The van der Waals surface area contributed by atoms with Crippen LogP contribution in [0.3, 0.4) is 0 Å². The highest BCUT2D eigenvalue weighted by Crippen LogP contribution is 2.33. The quantitative estimate of drug-likeness (QED) is 0.761. The summed E-state index contributed by atoms with van der Waals surface area (Å²) in [5.41, 5.74) is 2.35. The summed E-state index contributed by atoms with van der Waals surface area (Å²) in [6, 6.07) is 13.9. The minimum absolute atomic E-state index is 0.0482. The molecule has 0 saturated heterocycles. The first-order valence-corrected chi connectivity index (χ1v) is 9.13. The molecule has 2 aromatic rings. The number of rotatable bonds is 6. The topological polar surface area (TPSA) is 84.9 Å². The maximum atomic E-state index is 12.4. The first kappa shape index (κ1) is 20.1. The Morgan fingerprint density at radius 1 is 1.10 bits per heavy atom. The highest BCUT2D eigenvalue weighted by atomic mass is 16.5. The van der Waals surface area contributed by atoms with Gasteiger partial charge in [0.05, 0.1) is 19.6 Å². The third-order valence-electron chi connectivity index (χ3n) is 4.55. The number of hydrogen-bond acceptors (Lipinski definition) is 5. The monoisotopic (exact) mass is 394 g/mol. The van der Waals surface area contributed by atoms with E-state index in [2.05, 4.69) is 5.32 Å². The Bertz CT molecular complexity index is 954. The lowest BCUT2D eigenvalue weighted by molar-refractivity contribution is -0.149. The second-order valence-corrected chi connectivity index (χ2v) is 6.53. The zero-order valence-corrected chi connectivity index (χ0v) is 16.3. The van der Waals surface area contributed by atoms with Gasteiger partial charge in [-0.15, -0.1) is 0 Å². The average Bonchev–Trinajstić information content (AvgIpc) is 2.72. The number of carbonyl (C=O) groups excluding carboxylic acids is 3. The van der Waals surface area contributed by atoms with E-state index in [1.54, 1.807) is 30.5 Å². The van der Waals surface area contributed by atoms with E-state index < -0.39 is 24.5 Å². The van der Waals surface area contributed by atoms with Gasteiger partial charge in [0.1, 0.15) is 5.75 Å². The minimum atomic E-state index is -0.563. The van der Waals surface area contributed by atoms with Gasteiger partial charge >= 0.3 is 5.97 Å². The van der Waals surface area contributed by atoms with Crippen molar-refractivity contribution < 1.29 is 23.9 Å². The average molecular weight is 394 g/mol. The summed E-state index contributed by atoms with van der Waals surface area (Å²) in [4.78, 5) is 37.9. The van der Waals surface area contributed by atoms with Crippen LogP contribution >= 0.6 is 0 Å². The second-order valence-electron chi connectivity index (χ2n) is 6.53. The van der Waals surface area contributed by atoms with Gasteiger partial charge in [0.2, 0.25) is 5.91 Å². The maximum Gasteiger partial charge on any atom is 0.308 e. The van der Waals surface area contributed by atoms with Crippen LogP contribution < -0.4 is 10.1 Å². The smallest absolute Gasteiger partial charge is 0.308 e. The van der Waals surface area contributed by atoms with E-state index in [-0.39, 0.29) is 12.3 Å². The standard InChI is InChI=1S/C22H22N2O5/c1-15(25)24-11-10-16-6-3-4-9-19(16)20(24)13-22(27)29-14-21(26)23-17-7-5-8-18(12-17)28-2/h3-12,20H,13-14H2,1-2H3,(H,23,26)/t20-/m1/s1. The fourth-order valence-electron chi connectivity index (χ4n) is 3.17. The molecule has 1 atom stereocenters. The number of esters is 1. The van der Waals surface area contributed by atoms with Crippen LogP contribution in [0.2, 0.25) is 0 Å². The Labute approximate surface area is 168 Å². The Hall–Kier alpha value is -3.61. The van der Waals surface area contributed by atoms with Crippen molar-refractivity contribution >= 4 is 29.5 Å². The Morgan fingerprint density at radius 2 is 1.90 bits per heavy atom. The second kappa shape index (κ2) is 9.05. The lowest BCUT2D eigenvalue weighted by Gasteiger charge is -2.32. The number of fused-ring (bicyclic) bond motifs is 1. The van der Waals surface area contributed by atoms with E-state index in [1.807, 2.05) is 30.3 Å². The molecule has 7 heteroatoms. The number of carbonyl (C=O) groups is 3. The molecule has 0 saturated carbocycles. The van der Waals surface area contributed by atoms with Crippen LogP contribution in [0.5, 0.6) is 5.75 Å². The normalized spacial score (nSPS) is 14.7. The van der Waals surface area contributed by atoms with Crippen LogP contribution in [-0.2, 0) is 19.1 Å². The molecule has 1 N–H and O–H groups in total. The van der Waals surface area contributed by atoms with E-state index in [1.165, 1.54) is 18.9 Å². The van der Waals surface area contributed by atoms with Crippen molar-refractivity contribution in [2.24, 2.45) is 0 Å². The molecule has 1 aliphatic rings. The molecule has 0 spiro atoms. The van der Waals surface area contributed by atoms with E-state index in [0.717, 1.165) is 11.1 Å². The summed E-state index contributed by atoms with van der Waals surface area (Å²) in [5.74, 6) is -0.594. The number of anilines is 1. The number of nitrogens with zero attached hydrogens (tertiary/aromatic N) is 1. The number of benzene rings is 2. The fraction of sp³-hybridized carbons (Fsp3) is 0.227. The Balaban J connectivity index is 1.60. The molecule has 0 radical (unpaired) electrons. The molecule has 0 fully saturated rings. The third-order valence-corrected chi connectivity index (χ3v) is 4.55. The number of methoxy groups -OCH3 is 1. The molecule has 150 valence electrons. The molecule has 2 aromatic carbocycles. The van der Waals surface area contributed by atoms with Crippen molar-refractivity contribution in [3.63, 3.8) is 0 Å².